The summed E-state index contributed by atoms with van der Waals surface area (Å²) in [5, 5.41) is 8.77. The van der Waals surface area contributed by atoms with Gasteiger partial charge in [-0.05, 0) is 28.7 Å². The number of carboxylic acids is 1. The van der Waals surface area contributed by atoms with Gasteiger partial charge in [0.05, 0.1) is 6.42 Å². The summed E-state index contributed by atoms with van der Waals surface area (Å²) in [7, 11) is 0. The Kier molecular flexibility index (Phi) is 3.72. The normalized spacial score (nSPS) is 12.1. The number of pyridine rings is 1. The lowest BCUT2D eigenvalue weighted by Crippen LogP contribution is -2.02. The van der Waals surface area contributed by atoms with E-state index < -0.39 is 5.97 Å². The number of aromatic nitrogens is 1. The average molecular weight is 241 g/mol. The number of carboxylic acid groups (broad SMARTS) is 1. The summed E-state index contributed by atoms with van der Waals surface area (Å²) in [5.74, 6) is -0.732. The molecule has 3 nitrogen and oxygen atoms in total. The van der Waals surface area contributed by atoms with E-state index in [1.54, 1.807) is 6.20 Å². The second-order valence-corrected chi connectivity index (χ2v) is 4.36. The number of hydrogen-bond donors (Lipinski definition) is 1. The quantitative estimate of drug-likeness (QED) is 0.893. The summed E-state index contributed by atoms with van der Waals surface area (Å²) < 4.78 is 0. The van der Waals surface area contributed by atoms with Crippen molar-refractivity contribution in [1.29, 1.82) is 0 Å². The topological polar surface area (TPSA) is 50.2 Å². The standard InChI is InChI=1S/C15H15NO2/c1-11(9-15(17)18)12-4-6-13(7-5-12)14-3-2-8-16-10-14/h2-8,10-11H,9H2,1H3,(H,17,18). The molecular formula is C15H15NO2. The van der Waals surface area contributed by atoms with E-state index in [-0.39, 0.29) is 12.3 Å². The van der Waals surface area contributed by atoms with Crippen molar-refractivity contribution in [2.24, 2.45) is 0 Å². The zero-order valence-corrected chi connectivity index (χ0v) is 10.2. The molecule has 1 heterocycles. The first-order valence-corrected chi connectivity index (χ1v) is 5.89. The molecule has 0 fully saturated rings. The van der Waals surface area contributed by atoms with E-state index in [4.69, 9.17) is 5.11 Å². The van der Waals surface area contributed by atoms with Crippen LogP contribution < -0.4 is 0 Å². The van der Waals surface area contributed by atoms with Crippen LogP contribution in [0.25, 0.3) is 11.1 Å². The molecule has 1 unspecified atom stereocenters. The average Bonchev–Trinajstić information content (AvgIpc) is 2.39. The van der Waals surface area contributed by atoms with Crippen LogP contribution in [0.4, 0.5) is 0 Å². The predicted molar refractivity (Wildman–Crippen MR) is 70.3 cm³/mol. The van der Waals surface area contributed by atoms with E-state index in [9.17, 15) is 4.79 Å². The molecule has 0 amide bonds. The van der Waals surface area contributed by atoms with Gasteiger partial charge in [0.1, 0.15) is 0 Å². The highest BCUT2D eigenvalue weighted by Gasteiger charge is 2.09. The van der Waals surface area contributed by atoms with Crippen molar-refractivity contribution in [2.75, 3.05) is 0 Å². The summed E-state index contributed by atoms with van der Waals surface area (Å²) in [4.78, 5) is 14.7. The van der Waals surface area contributed by atoms with Gasteiger partial charge in [-0.3, -0.25) is 9.78 Å². The molecule has 0 spiro atoms. The van der Waals surface area contributed by atoms with Crippen molar-refractivity contribution >= 4 is 5.97 Å². The highest BCUT2D eigenvalue weighted by molar-refractivity contribution is 5.68. The minimum Gasteiger partial charge on any atom is -0.481 e. The molecule has 3 heteroatoms. The number of aliphatic carboxylic acids is 1. The van der Waals surface area contributed by atoms with E-state index in [0.717, 1.165) is 16.7 Å². The van der Waals surface area contributed by atoms with Gasteiger partial charge >= 0.3 is 5.97 Å². The van der Waals surface area contributed by atoms with Gasteiger partial charge in [0.25, 0.3) is 0 Å². The maximum Gasteiger partial charge on any atom is 0.303 e. The SMILES string of the molecule is CC(CC(=O)O)c1ccc(-c2cccnc2)cc1. The van der Waals surface area contributed by atoms with Crippen molar-refractivity contribution in [2.45, 2.75) is 19.3 Å². The molecule has 2 rings (SSSR count). The molecule has 0 aliphatic rings. The van der Waals surface area contributed by atoms with Gasteiger partial charge in [-0.15, -0.1) is 0 Å². The van der Waals surface area contributed by atoms with Gasteiger partial charge in [-0.25, -0.2) is 0 Å². The monoisotopic (exact) mass is 241 g/mol. The minimum absolute atomic E-state index is 0.0328. The predicted octanol–water partition coefficient (Wildman–Crippen LogP) is 3.33. The van der Waals surface area contributed by atoms with E-state index in [2.05, 4.69) is 4.98 Å². The van der Waals surface area contributed by atoms with Crippen LogP contribution in [0.5, 0.6) is 0 Å². The Hall–Kier alpha value is -2.16. The van der Waals surface area contributed by atoms with Crippen LogP contribution in [-0.4, -0.2) is 16.1 Å². The third kappa shape index (κ3) is 2.94. The highest BCUT2D eigenvalue weighted by atomic mass is 16.4. The molecule has 0 aliphatic heterocycles. The summed E-state index contributed by atoms with van der Waals surface area (Å²) in [6.45, 7) is 1.92. The number of benzene rings is 1. The fourth-order valence-corrected chi connectivity index (χ4v) is 1.92. The number of rotatable bonds is 4. The molecule has 0 bridgehead atoms. The number of nitrogens with zero attached hydrogens (tertiary/aromatic N) is 1. The summed E-state index contributed by atoms with van der Waals surface area (Å²) in [5.41, 5.74) is 3.20. The van der Waals surface area contributed by atoms with E-state index in [0.29, 0.717) is 0 Å². The Labute approximate surface area is 106 Å². The van der Waals surface area contributed by atoms with E-state index >= 15 is 0 Å². The first-order valence-electron chi connectivity index (χ1n) is 5.89. The number of hydrogen-bond acceptors (Lipinski definition) is 2. The fraction of sp³-hybridized carbons (Fsp3) is 0.200. The van der Waals surface area contributed by atoms with Crippen LogP contribution in [-0.2, 0) is 4.79 Å². The second-order valence-electron chi connectivity index (χ2n) is 4.36. The largest absolute Gasteiger partial charge is 0.481 e. The molecule has 0 saturated carbocycles. The third-order valence-corrected chi connectivity index (χ3v) is 2.96. The van der Waals surface area contributed by atoms with Crippen molar-refractivity contribution in [1.82, 2.24) is 4.98 Å². The molecule has 0 aliphatic carbocycles. The van der Waals surface area contributed by atoms with Crippen LogP contribution in [0, 0.1) is 0 Å². The first-order chi connectivity index (χ1) is 8.66. The van der Waals surface area contributed by atoms with Crippen molar-refractivity contribution < 1.29 is 9.90 Å². The molecule has 0 radical (unpaired) electrons. The molecule has 18 heavy (non-hydrogen) atoms. The third-order valence-electron chi connectivity index (χ3n) is 2.96. The summed E-state index contributed by atoms with van der Waals surface area (Å²) in [6, 6.07) is 11.9. The van der Waals surface area contributed by atoms with E-state index in [1.165, 1.54) is 0 Å². The smallest absolute Gasteiger partial charge is 0.303 e. The minimum atomic E-state index is -0.765. The van der Waals surface area contributed by atoms with Crippen LogP contribution >= 0.6 is 0 Å². The molecule has 1 atom stereocenters. The maximum absolute atomic E-state index is 10.7. The molecule has 1 aromatic heterocycles. The molecule has 1 N–H and O–H groups in total. The summed E-state index contributed by atoms with van der Waals surface area (Å²) in [6.07, 6.45) is 3.72. The highest BCUT2D eigenvalue weighted by Crippen LogP contribution is 2.23. The van der Waals surface area contributed by atoms with Crippen LogP contribution in [0.2, 0.25) is 0 Å². The zero-order valence-electron chi connectivity index (χ0n) is 10.2. The molecule has 2 aromatic rings. The van der Waals surface area contributed by atoms with E-state index in [1.807, 2.05) is 49.5 Å². The van der Waals surface area contributed by atoms with Gasteiger partial charge in [0, 0.05) is 12.4 Å². The van der Waals surface area contributed by atoms with Crippen molar-refractivity contribution in [3.63, 3.8) is 0 Å². The van der Waals surface area contributed by atoms with Crippen LogP contribution in [0.1, 0.15) is 24.8 Å². The Morgan fingerprint density at radius 2 is 1.94 bits per heavy atom. The zero-order chi connectivity index (χ0) is 13.0. The molecule has 0 saturated heterocycles. The lowest BCUT2D eigenvalue weighted by atomic mass is 9.96. The molecule has 92 valence electrons. The Bertz CT molecular complexity index is 520. The van der Waals surface area contributed by atoms with Crippen molar-refractivity contribution in [3.8, 4) is 11.1 Å². The van der Waals surface area contributed by atoms with Gasteiger partial charge in [0.2, 0.25) is 0 Å². The van der Waals surface area contributed by atoms with Gasteiger partial charge in [-0.2, -0.15) is 0 Å². The summed E-state index contributed by atoms with van der Waals surface area (Å²) >= 11 is 0. The van der Waals surface area contributed by atoms with Crippen LogP contribution in [0.3, 0.4) is 0 Å². The lowest BCUT2D eigenvalue weighted by Gasteiger charge is -2.10. The van der Waals surface area contributed by atoms with Gasteiger partial charge in [-0.1, -0.05) is 37.3 Å². The molecule has 1 aromatic carbocycles. The lowest BCUT2D eigenvalue weighted by molar-refractivity contribution is -0.137. The van der Waals surface area contributed by atoms with Gasteiger partial charge < -0.3 is 5.11 Å². The first kappa shape index (κ1) is 12.3. The fourth-order valence-electron chi connectivity index (χ4n) is 1.92. The van der Waals surface area contributed by atoms with Gasteiger partial charge in [0.15, 0.2) is 0 Å². The Balaban J connectivity index is 2.18. The van der Waals surface area contributed by atoms with Crippen LogP contribution in [0.15, 0.2) is 48.8 Å². The maximum atomic E-state index is 10.7. The van der Waals surface area contributed by atoms with Crippen molar-refractivity contribution in [3.05, 3.63) is 54.4 Å². The molecular weight excluding hydrogens is 226 g/mol. The second kappa shape index (κ2) is 5.45. The Morgan fingerprint density at radius 1 is 1.22 bits per heavy atom. The number of carbonyl (C=O) groups is 1. The Morgan fingerprint density at radius 3 is 2.50 bits per heavy atom.